The molecule has 19 heavy (non-hydrogen) atoms. The van der Waals surface area contributed by atoms with Gasteiger partial charge in [-0.25, -0.2) is 4.79 Å². The third-order valence-corrected chi connectivity index (χ3v) is 4.57. The van der Waals surface area contributed by atoms with Gasteiger partial charge in [0.05, 0.1) is 13.2 Å². The number of carbonyl (C=O) groups is 2. The lowest BCUT2D eigenvalue weighted by Gasteiger charge is -2.34. The Balaban J connectivity index is 2.18. The van der Waals surface area contributed by atoms with E-state index in [0.717, 1.165) is 12.8 Å². The highest BCUT2D eigenvalue weighted by molar-refractivity contribution is 5.89. The number of nitrogens with two attached hydrogens (primary N) is 1. The molecule has 1 heterocycles. The van der Waals surface area contributed by atoms with Gasteiger partial charge in [0.15, 0.2) is 0 Å². The van der Waals surface area contributed by atoms with E-state index in [9.17, 15) is 9.59 Å². The first-order valence-electron chi connectivity index (χ1n) is 6.91. The lowest BCUT2D eigenvalue weighted by Crippen LogP contribution is -2.54. The van der Waals surface area contributed by atoms with Crippen LogP contribution in [0.3, 0.4) is 0 Å². The summed E-state index contributed by atoms with van der Waals surface area (Å²) in [6.45, 7) is 6.46. The average molecular weight is 268 g/mol. The molecule has 0 aromatic heterocycles. The molecular formula is C14H24N2O3. The van der Waals surface area contributed by atoms with E-state index >= 15 is 0 Å². The van der Waals surface area contributed by atoms with Crippen LogP contribution < -0.4 is 5.73 Å². The Kier molecular flexibility index (Phi) is 3.60. The molecular weight excluding hydrogens is 244 g/mol. The van der Waals surface area contributed by atoms with Crippen molar-refractivity contribution in [3.8, 4) is 0 Å². The minimum atomic E-state index is -0.586. The molecule has 5 nitrogen and oxygen atoms in total. The number of amides is 1. The van der Waals surface area contributed by atoms with Crippen LogP contribution in [0.4, 0.5) is 0 Å². The normalized spacial score (nSPS) is 31.4. The van der Waals surface area contributed by atoms with Gasteiger partial charge in [-0.15, -0.1) is 0 Å². The van der Waals surface area contributed by atoms with Crippen molar-refractivity contribution in [2.24, 2.45) is 23.0 Å². The Hall–Kier alpha value is -1.10. The first-order chi connectivity index (χ1) is 8.77. The monoisotopic (exact) mass is 268 g/mol. The Morgan fingerprint density at radius 2 is 1.95 bits per heavy atom. The lowest BCUT2D eigenvalue weighted by molar-refractivity contribution is -0.154. The summed E-state index contributed by atoms with van der Waals surface area (Å²) in [5, 5.41) is 0. The number of ether oxygens (including phenoxy) is 1. The molecule has 2 aliphatic rings. The van der Waals surface area contributed by atoms with Gasteiger partial charge in [0.2, 0.25) is 5.91 Å². The highest BCUT2D eigenvalue weighted by Crippen LogP contribution is 2.45. The van der Waals surface area contributed by atoms with Crippen molar-refractivity contribution in [2.45, 2.75) is 45.7 Å². The summed E-state index contributed by atoms with van der Waals surface area (Å²) < 4.78 is 4.86. The molecule has 0 unspecified atom stereocenters. The van der Waals surface area contributed by atoms with Crippen LogP contribution in [0.15, 0.2) is 0 Å². The van der Waals surface area contributed by atoms with Crippen molar-refractivity contribution in [1.82, 2.24) is 4.90 Å². The minimum absolute atomic E-state index is 0.127. The summed E-state index contributed by atoms with van der Waals surface area (Å²) in [4.78, 5) is 26.1. The van der Waals surface area contributed by atoms with Gasteiger partial charge in [-0.1, -0.05) is 20.8 Å². The van der Waals surface area contributed by atoms with Gasteiger partial charge in [-0.05, 0) is 30.1 Å². The highest BCUT2D eigenvalue weighted by atomic mass is 16.5. The van der Waals surface area contributed by atoms with Crippen molar-refractivity contribution in [3.63, 3.8) is 0 Å². The van der Waals surface area contributed by atoms with Gasteiger partial charge in [-0.2, -0.15) is 0 Å². The average Bonchev–Trinajstić information content (AvgIpc) is 2.57. The van der Waals surface area contributed by atoms with Crippen molar-refractivity contribution in [1.29, 1.82) is 0 Å². The van der Waals surface area contributed by atoms with Crippen LogP contribution in [0.2, 0.25) is 0 Å². The lowest BCUT2D eigenvalue weighted by atomic mass is 9.73. The number of methoxy groups -OCH3 is 1. The maximum atomic E-state index is 12.5. The smallest absolute Gasteiger partial charge is 0.328 e. The maximum Gasteiger partial charge on any atom is 0.328 e. The highest BCUT2D eigenvalue weighted by Gasteiger charge is 2.53. The molecule has 1 aliphatic carbocycles. The molecule has 108 valence electrons. The largest absolute Gasteiger partial charge is 0.467 e. The molecule has 1 amide bonds. The Morgan fingerprint density at radius 3 is 2.37 bits per heavy atom. The van der Waals surface area contributed by atoms with Gasteiger partial charge in [0, 0.05) is 6.54 Å². The molecule has 1 saturated carbocycles. The number of esters is 1. The fourth-order valence-electron chi connectivity index (χ4n) is 3.03. The van der Waals surface area contributed by atoms with E-state index in [2.05, 4.69) is 0 Å². The molecule has 0 aromatic rings. The summed E-state index contributed by atoms with van der Waals surface area (Å²) in [5.41, 5.74) is 5.74. The molecule has 2 N–H and O–H groups in total. The van der Waals surface area contributed by atoms with Gasteiger partial charge < -0.3 is 15.4 Å². The third kappa shape index (κ3) is 2.36. The van der Waals surface area contributed by atoms with E-state index < -0.39 is 12.1 Å². The maximum absolute atomic E-state index is 12.5. The van der Waals surface area contributed by atoms with Gasteiger partial charge in [-0.3, -0.25) is 4.79 Å². The van der Waals surface area contributed by atoms with E-state index in [0.29, 0.717) is 12.5 Å². The summed E-state index contributed by atoms with van der Waals surface area (Å²) in [6.07, 6.45) is 2.09. The van der Waals surface area contributed by atoms with Gasteiger partial charge in [0.1, 0.15) is 6.04 Å². The second kappa shape index (κ2) is 4.78. The number of rotatable bonds is 2. The third-order valence-electron chi connectivity index (χ3n) is 4.57. The van der Waals surface area contributed by atoms with Crippen LogP contribution in [-0.2, 0) is 14.3 Å². The zero-order valence-electron chi connectivity index (χ0n) is 12.2. The number of carbonyl (C=O) groups excluding carboxylic acids is 2. The van der Waals surface area contributed by atoms with Crippen molar-refractivity contribution in [3.05, 3.63) is 0 Å². The summed E-state index contributed by atoms with van der Waals surface area (Å²) in [6, 6.07) is -1.01. The predicted molar refractivity (Wildman–Crippen MR) is 71.2 cm³/mol. The zero-order chi connectivity index (χ0) is 14.4. The Morgan fingerprint density at radius 1 is 1.32 bits per heavy atom. The van der Waals surface area contributed by atoms with E-state index in [1.807, 2.05) is 20.8 Å². The van der Waals surface area contributed by atoms with E-state index in [1.165, 1.54) is 7.11 Å². The standard InChI is InChI=1S/C14H24N2O3/c1-14(2,3)11(15)12(17)16-7-8-5-6-9(8)10(16)13(18)19-4/h8-11H,5-7,15H2,1-4H3/t8-,9-,10-,11+/m0/s1. The number of likely N-dealkylation sites (tertiary alicyclic amines) is 1. The molecule has 2 fully saturated rings. The quantitative estimate of drug-likeness (QED) is 0.751. The molecule has 4 atom stereocenters. The number of hydrogen-bond acceptors (Lipinski definition) is 4. The second-order valence-corrected chi connectivity index (χ2v) is 6.80. The number of fused-ring (bicyclic) bond motifs is 1. The van der Waals surface area contributed by atoms with Crippen LogP contribution in [-0.4, -0.2) is 42.5 Å². The van der Waals surface area contributed by atoms with Crippen molar-refractivity contribution in [2.75, 3.05) is 13.7 Å². The molecule has 1 saturated heterocycles. The SMILES string of the molecule is COC(=O)[C@@H]1[C@H]2CC[C@H]2CN1C(=O)[C@@H](N)C(C)(C)C. The molecule has 2 rings (SSSR count). The molecule has 0 spiro atoms. The molecule has 0 radical (unpaired) electrons. The molecule has 0 bridgehead atoms. The topological polar surface area (TPSA) is 72.6 Å². The van der Waals surface area contributed by atoms with Crippen LogP contribution in [0.25, 0.3) is 0 Å². The zero-order valence-corrected chi connectivity index (χ0v) is 12.2. The minimum Gasteiger partial charge on any atom is -0.467 e. The van der Waals surface area contributed by atoms with E-state index in [1.54, 1.807) is 4.90 Å². The van der Waals surface area contributed by atoms with Gasteiger partial charge in [0.25, 0.3) is 0 Å². The summed E-state index contributed by atoms with van der Waals surface area (Å²) in [7, 11) is 1.38. The fourth-order valence-corrected chi connectivity index (χ4v) is 3.03. The van der Waals surface area contributed by atoms with Crippen LogP contribution in [0.1, 0.15) is 33.6 Å². The number of hydrogen-bond donors (Lipinski definition) is 1. The summed E-state index contributed by atoms with van der Waals surface area (Å²) in [5.74, 6) is 0.280. The first-order valence-corrected chi connectivity index (χ1v) is 6.91. The van der Waals surface area contributed by atoms with Crippen LogP contribution in [0, 0.1) is 17.3 Å². The molecule has 0 aromatic carbocycles. The van der Waals surface area contributed by atoms with Crippen molar-refractivity contribution >= 4 is 11.9 Å². The van der Waals surface area contributed by atoms with Crippen molar-refractivity contribution < 1.29 is 14.3 Å². The Bertz CT molecular complexity index is 389. The summed E-state index contributed by atoms with van der Waals surface area (Å²) >= 11 is 0. The first kappa shape index (κ1) is 14.3. The fraction of sp³-hybridized carbons (Fsp3) is 0.857. The van der Waals surface area contributed by atoms with Crippen LogP contribution in [0.5, 0.6) is 0 Å². The van der Waals surface area contributed by atoms with E-state index in [-0.39, 0.29) is 23.2 Å². The Labute approximate surface area is 114 Å². The molecule has 1 aliphatic heterocycles. The van der Waals surface area contributed by atoms with Crippen LogP contribution >= 0.6 is 0 Å². The second-order valence-electron chi connectivity index (χ2n) is 6.80. The molecule has 5 heteroatoms. The van der Waals surface area contributed by atoms with E-state index in [4.69, 9.17) is 10.5 Å². The predicted octanol–water partition coefficient (Wildman–Crippen LogP) is 0.770. The van der Waals surface area contributed by atoms with Gasteiger partial charge >= 0.3 is 5.97 Å². The number of nitrogens with zero attached hydrogens (tertiary/aromatic N) is 1.